The van der Waals surface area contributed by atoms with Crippen molar-refractivity contribution in [3.05, 3.63) is 215 Å². The average Bonchev–Trinajstić information content (AvgIpc) is 3.36. The minimum atomic E-state index is 0. The van der Waals surface area contributed by atoms with Crippen LogP contribution in [0.2, 0.25) is 0 Å². The van der Waals surface area contributed by atoms with Gasteiger partial charge in [-0.2, -0.15) is 52.9 Å². The SMILES string of the molecule is C.C[C-]=CC=[N-].C[C-]=CN=[N-].C[C-]=NC=[N-].Cc1cccnc1.Cc1cccnn1.Cc1ccnnc1.Cc1cnccn1.Cc1cncnc1.[CH-]=C(C)C=[N-].[CH-]=C(C)N=[N-].[CH-]=NC=[C-]C.[CH-]=NN=[C-]C.[Y].[Y].[Y].[Y].[Y].[Y].[Y]. The summed E-state index contributed by atoms with van der Waals surface area (Å²) in [6, 6.07) is 9.63. The first kappa shape index (κ1) is 116. The summed E-state index contributed by atoms with van der Waals surface area (Å²) in [6.07, 6.45) is 37.6. The van der Waals surface area contributed by atoms with E-state index in [0.29, 0.717) is 11.9 Å². The topological polar surface area (TPSA) is 302 Å². The van der Waals surface area contributed by atoms with E-state index in [1.807, 2.05) is 71.1 Å². The Morgan fingerprint density at radius 3 is 1.22 bits per heavy atom. The minimum Gasteiger partial charge on any atom is -0.911 e. The fourth-order valence-electron chi connectivity index (χ4n) is 2.25. The quantitative estimate of drug-likeness (QED) is 0.0491. The summed E-state index contributed by atoms with van der Waals surface area (Å²) in [5, 5.41) is 49.2. The second-order valence-corrected chi connectivity index (χ2v) is 11.3. The van der Waals surface area contributed by atoms with Crippen LogP contribution in [0.5, 0.6) is 0 Å². The van der Waals surface area contributed by atoms with Crippen molar-refractivity contribution < 1.29 is 229 Å². The third-order valence-corrected chi connectivity index (χ3v) is 4.97. The van der Waals surface area contributed by atoms with E-state index in [4.69, 9.17) is 40.4 Å². The molecule has 0 bridgehead atoms. The third-order valence-electron chi connectivity index (χ3n) is 4.97. The molecule has 0 atom stereocenters. The number of aromatic nitrogens is 9. The summed E-state index contributed by atoms with van der Waals surface area (Å²) in [7, 11) is 0. The molecule has 0 aromatic carbocycles. The van der Waals surface area contributed by atoms with Crippen LogP contribution in [0, 0.1) is 66.0 Å². The van der Waals surface area contributed by atoms with Crippen LogP contribution in [-0.4, -0.2) is 89.9 Å². The molecule has 0 aliphatic rings. The van der Waals surface area contributed by atoms with Crippen LogP contribution in [0.4, 0.5) is 0 Å². The molecule has 0 saturated heterocycles. The Labute approximate surface area is 644 Å². The molecule has 0 saturated carbocycles. The van der Waals surface area contributed by atoms with Gasteiger partial charge in [0.2, 0.25) is 0 Å². The summed E-state index contributed by atoms with van der Waals surface area (Å²) >= 11 is 0. The first-order valence-electron chi connectivity index (χ1n) is 19.7. The van der Waals surface area contributed by atoms with Crippen LogP contribution in [0.25, 0.3) is 27.3 Å². The predicted molar refractivity (Wildman–Crippen MR) is 293 cm³/mol. The summed E-state index contributed by atoms with van der Waals surface area (Å²) in [5.41, 5.74) is 21.2. The molecule has 0 spiro atoms. The molecule has 7 radical (unpaired) electrons. The molecular formula is C51H66N20Y7-14. The van der Waals surface area contributed by atoms with E-state index in [-0.39, 0.29) is 242 Å². The largest absolute Gasteiger partial charge is 0.911 e. The molecule has 0 amide bonds. The second-order valence-electron chi connectivity index (χ2n) is 11.3. The predicted octanol–water partition coefficient (Wildman–Crippen LogP) is 11.7. The van der Waals surface area contributed by atoms with Crippen molar-refractivity contribution in [3.63, 3.8) is 0 Å². The molecule has 0 aliphatic heterocycles. The molecule has 0 fully saturated rings. The van der Waals surface area contributed by atoms with Crippen LogP contribution in [0.3, 0.4) is 0 Å². The number of rotatable bonds is 7. The van der Waals surface area contributed by atoms with Gasteiger partial charge in [-0.05, 0) is 75.6 Å². The molecule has 5 heterocycles. The number of allylic oxidation sites excluding steroid dienone is 6. The van der Waals surface area contributed by atoms with E-state index in [1.165, 1.54) is 37.3 Å². The number of hydrogen-bond acceptors (Lipinski definition) is 14. The van der Waals surface area contributed by atoms with Gasteiger partial charge in [0.1, 0.15) is 6.33 Å². The molecule has 5 rings (SSSR count). The van der Waals surface area contributed by atoms with Gasteiger partial charge in [0.15, 0.2) is 0 Å². The van der Waals surface area contributed by atoms with E-state index < -0.39 is 0 Å². The Morgan fingerprint density at radius 1 is 0.577 bits per heavy atom. The van der Waals surface area contributed by atoms with E-state index in [9.17, 15) is 0 Å². The fourth-order valence-corrected chi connectivity index (χ4v) is 2.25. The van der Waals surface area contributed by atoms with Gasteiger partial charge in [0.05, 0.1) is 17.6 Å². The van der Waals surface area contributed by atoms with Crippen LogP contribution < -0.4 is 0 Å². The number of nitrogens with zero attached hydrogens (tertiary/aromatic N) is 20. The van der Waals surface area contributed by atoms with Crippen LogP contribution >= 0.6 is 0 Å². The zero-order chi connectivity index (χ0) is 54.7. The van der Waals surface area contributed by atoms with Crippen LogP contribution in [-0.2, 0) is 229 Å². The smallest absolute Gasteiger partial charge is 0.115 e. The van der Waals surface area contributed by atoms with Gasteiger partial charge in [0.25, 0.3) is 0 Å². The number of aryl methyl sites for hydroxylation is 5. The molecule has 5 aromatic rings. The van der Waals surface area contributed by atoms with E-state index in [2.05, 4.69) is 120 Å². The molecule has 405 valence electrons. The van der Waals surface area contributed by atoms with Gasteiger partial charge < -0.3 is 114 Å². The Morgan fingerprint density at radius 2 is 1.09 bits per heavy atom. The average molecular weight is 1580 g/mol. The summed E-state index contributed by atoms with van der Waals surface area (Å²) < 4.78 is 0. The molecule has 5 aromatic heterocycles. The molecule has 0 N–H and O–H groups in total. The van der Waals surface area contributed by atoms with E-state index in [0.717, 1.165) is 34.9 Å². The number of hydrogen-bond donors (Lipinski definition) is 0. The monoisotopic (exact) mass is 1580 g/mol. The molecule has 27 heteroatoms. The second kappa shape index (κ2) is 111. The van der Waals surface area contributed by atoms with Crippen molar-refractivity contribution in [2.75, 3.05) is 0 Å². The Balaban J connectivity index is -0.0000000425. The number of pyridine rings is 1. The third kappa shape index (κ3) is 146. The fraction of sp³-hybridized carbons (Fsp3) is 0.255. The minimum absolute atomic E-state index is 0. The zero-order valence-electron chi connectivity index (χ0n) is 46.0. The normalized spacial score (nSPS) is 7.64. The molecule has 20 nitrogen and oxygen atoms in total. The standard InChI is InChI=1S/C6H7N.4C5H6N2.3C4H5N.4C3H4N2.CH4.7Y/c1-6-3-2-4-7-5-6;1-5-2-6-4-7-3-5;1-5-4-6-2-3-7-5;1-5-2-3-6-7-4-5;1-5-3-2-4-6-7-5;1-4(2)3-5;1-3-4-5-2;1-2-3-4-5;1-3-5-4-2;1-3(2)5-4;1-2-5-3-4;1-2-3-5-4;;;;;;;;/h2-5H,1H3;4*2-4H,1H3;1,3H,2H3;2,4H,1H3;3-4H,1H3;2H,1H3;1H,2H3;2*3H,1H3;1H4;;;;;;;/q;;;;;7*-2;;;;;;;;. The van der Waals surface area contributed by atoms with Gasteiger partial charge in [-0.15, -0.1) is 13.8 Å². The van der Waals surface area contributed by atoms with E-state index >= 15 is 0 Å². The van der Waals surface area contributed by atoms with Gasteiger partial charge in [0, 0.05) is 285 Å². The maximum absolute atomic E-state index is 7.86. The van der Waals surface area contributed by atoms with Crippen molar-refractivity contribution in [2.45, 2.75) is 90.5 Å². The van der Waals surface area contributed by atoms with Gasteiger partial charge in [-0.25, -0.2) is 16.9 Å². The Hall–Kier alpha value is -1.21. The molecule has 78 heavy (non-hydrogen) atoms. The van der Waals surface area contributed by atoms with Crippen molar-refractivity contribution in [3.8, 4) is 0 Å². The van der Waals surface area contributed by atoms with Gasteiger partial charge >= 0.3 is 0 Å². The van der Waals surface area contributed by atoms with E-state index in [1.54, 1.807) is 97.3 Å². The zero-order valence-corrected chi connectivity index (χ0v) is 65.9. The van der Waals surface area contributed by atoms with Gasteiger partial charge in [-0.1, -0.05) is 27.3 Å². The van der Waals surface area contributed by atoms with Crippen molar-refractivity contribution in [1.82, 2.24) is 45.3 Å². The summed E-state index contributed by atoms with van der Waals surface area (Å²) in [6.45, 7) is 40.1. The first-order chi connectivity index (χ1) is 33.6. The Bertz CT molecular complexity index is 1780. The summed E-state index contributed by atoms with van der Waals surface area (Å²) in [5.74, 6) is 0. The Kier molecular flexibility index (Phi) is 164. The number of aliphatic imine (C=N–C) groups is 2. The summed E-state index contributed by atoms with van der Waals surface area (Å²) in [4.78, 5) is 25.4. The molecule has 0 aliphatic carbocycles. The van der Waals surface area contributed by atoms with Crippen LogP contribution in [0.1, 0.15) is 84.0 Å². The maximum Gasteiger partial charge on any atom is 0.115 e. The van der Waals surface area contributed by atoms with Gasteiger partial charge in [-0.3, -0.25) is 45.6 Å². The molecular weight excluding hydrogens is 1520 g/mol. The molecule has 0 unspecified atom stereocenters. The van der Waals surface area contributed by atoms with Crippen molar-refractivity contribution in [1.29, 1.82) is 0 Å². The van der Waals surface area contributed by atoms with Crippen LogP contribution in [0.15, 0.2) is 159 Å². The maximum atomic E-state index is 7.86. The van der Waals surface area contributed by atoms with Crippen molar-refractivity contribution in [2.24, 2.45) is 30.4 Å². The van der Waals surface area contributed by atoms with Crippen molar-refractivity contribution >= 4 is 44.6 Å². The first-order valence-corrected chi connectivity index (χ1v) is 19.7.